The van der Waals surface area contributed by atoms with Crippen molar-refractivity contribution in [2.24, 2.45) is 4.99 Å². The van der Waals surface area contributed by atoms with Crippen LogP contribution in [0.5, 0.6) is 17.2 Å². The summed E-state index contributed by atoms with van der Waals surface area (Å²) in [5, 5.41) is 10.2. The maximum Gasteiger partial charge on any atom is 0.387 e. The van der Waals surface area contributed by atoms with Crippen LogP contribution in [0.4, 0.5) is 8.78 Å². The molecule has 0 amide bonds. The molecule has 2 heterocycles. The Morgan fingerprint density at radius 3 is 2.64 bits per heavy atom. The molecule has 10 heteroatoms. The number of fused-ring (bicyclic) bond motifs is 1. The van der Waals surface area contributed by atoms with Crippen molar-refractivity contribution < 1.29 is 27.5 Å². The average molecular weight is 396 g/mol. The predicted octanol–water partition coefficient (Wildman–Crippen LogP) is 2.53. The van der Waals surface area contributed by atoms with Crippen LogP contribution in [0.25, 0.3) is 0 Å². The van der Waals surface area contributed by atoms with Gasteiger partial charge >= 0.3 is 6.61 Å². The molecule has 0 atom stereocenters. The molecule has 1 aliphatic rings. The minimum atomic E-state index is -2.94. The number of benzene rings is 1. The van der Waals surface area contributed by atoms with Gasteiger partial charge in [-0.3, -0.25) is 4.99 Å². The predicted molar refractivity (Wildman–Crippen MR) is 97.1 cm³/mol. The highest BCUT2D eigenvalue weighted by Gasteiger charge is 2.20. The lowest BCUT2D eigenvalue weighted by Gasteiger charge is -2.15. The molecule has 0 radical (unpaired) electrons. The summed E-state index contributed by atoms with van der Waals surface area (Å²) in [5.41, 5.74) is 2.40. The first-order valence-corrected chi connectivity index (χ1v) is 8.71. The zero-order valence-corrected chi connectivity index (χ0v) is 15.8. The van der Waals surface area contributed by atoms with E-state index in [0.717, 1.165) is 17.0 Å². The topological polar surface area (TPSA) is 90.1 Å². The minimum absolute atomic E-state index is 0.0259. The number of rotatable bonds is 7. The number of hydrogen-bond acceptors (Lipinski definition) is 6. The van der Waals surface area contributed by atoms with Crippen LogP contribution in [0.3, 0.4) is 0 Å². The van der Waals surface area contributed by atoms with Gasteiger partial charge in [-0.15, -0.1) is 0 Å². The van der Waals surface area contributed by atoms with E-state index in [2.05, 4.69) is 25.5 Å². The average Bonchev–Trinajstić information content (AvgIpc) is 3.24. The Hall–Kier alpha value is -3.04. The normalized spacial score (nSPS) is 13.1. The molecule has 0 unspecified atom stereocenters. The van der Waals surface area contributed by atoms with Crippen molar-refractivity contribution in [3.8, 4) is 17.2 Å². The van der Waals surface area contributed by atoms with Crippen molar-refractivity contribution in [2.75, 3.05) is 20.4 Å². The number of ether oxygens (including phenoxy) is 3. The second kappa shape index (κ2) is 8.77. The number of nitrogens with one attached hydrogen (secondary N) is 2. The molecule has 0 bridgehead atoms. The molecule has 0 saturated carbocycles. The number of aromatic nitrogens is 1. The van der Waals surface area contributed by atoms with E-state index >= 15 is 0 Å². The van der Waals surface area contributed by atoms with Crippen LogP contribution in [0, 0.1) is 13.8 Å². The Morgan fingerprint density at radius 1 is 1.25 bits per heavy atom. The van der Waals surface area contributed by atoms with E-state index in [4.69, 9.17) is 14.0 Å². The van der Waals surface area contributed by atoms with Crippen LogP contribution >= 0.6 is 0 Å². The zero-order chi connectivity index (χ0) is 20.1. The van der Waals surface area contributed by atoms with Gasteiger partial charge in [0.25, 0.3) is 0 Å². The third-order valence-corrected chi connectivity index (χ3v) is 4.29. The summed E-state index contributed by atoms with van der Waals surface area (Å²) in [6, 6.07) is 3.02. The minimum Gasteiger partial charge on any atom is -0.454 e. The Kier molecular flexibility index (Phi) is 6.17. The summed E-state index contributed by atoms with van der Waals surface area (Å²) < 4.78 is 45.7. The fourth-order valence-corrected chi connectivity index (χ4v) is 2.87. The molecule has 1 aliphatic heterocycles. The van der Waals surface area contributed by atoms with Crippen LogP contribution < -0.4 is 24.8 Å². The summed E-state index contributed by atoms with van der Waals surface area (Å²) in [6.45, 7) is 1.68. The van der Waals surface area contributed by atoms with Crippen LogP contribution in [0.15, 0.2) is 21.6 Å². The number of halogens is 2. The number of aliphatic imine (C=N–C) groups is 1. The molecule has 1 aromatic heterocycles. The van der Waals surface area contributed by atoms with Crippen molar-refractivity contribution in [2.45, 2.75) is 33.4 Å². The second-order valence-electron chi connectivity index (χ2n) is 6.10. The quantitative estimate of drug-likeness (QED) is 0.549. The fraction of sp³-hybridized carbons (Fsp3) is 0.444. The number of nitrogens with zero attached hydrogens (tertiary/aromatic N) is 2. The first-order chi connectivity index (χ1) is 13.5. The lowest BCUT2D eigenvalue weighted by atomic mass is 10.1. The number of hydrogen-bond donors (Lipinski definition) is 2. The van der Waals surface area contributed by atoms with E-state index in [-0.39, 0.29) is 19.1 Å². The molecule has 0 fully saturated rings. The van der Waals surface area contributed by atoms with Gasteiger partial charge in [-0.1, -0.05) is 5.16 Å². The van der Waals surface area contributed by atoms with E-state index in [1.54, 1.807) is 13.1 Å². The smallest absolute Gasteiger partial charge is 0.387 e. The number of aryl methyl sites for hydroxylation is 2. The van der Waals surface area contributed by atoms with Gasteiger partial charge in [0.2, 0.25) is 6.79 Å². The molecular formula is C18H22F2N4O4. The largest absolute Gasteiger partial charge is 0.454 e. The number of alkyl halides is 2. The highest BCUT2D eigenvalue weighted by Crippen LogP contribution is 2.38. The molecule has 8 nitrogen and oxygen atoms in total. The summed E-state index contributed by atoms with van der Waals surface area (Å²) in [4.78, 5) is 4.14. The van der Waals surface area contributed by atoms with E-state index in [1.165, 1.54) is 6.07 Å². The van der Waals surface area contributed by atoms with Crippen molar-refractivity contribution in [1.82, 2.24) is 15.8 Å². The molecule has 3 rings (SSSR count). The first-order valence-electron chi connectivity index (χ1n) is 8.71. The molecular weight excluding hydrogens is 374 g/mol. The molecule has 2 N–H and O–H groups in total. The Labute approximate surface area is 160 Å². The van der Waals surface area contributed by atoms with Gasteiger partial charge in [-0.2, -0.15) is 8.78 Å². The van der Waals surface area contributed by atoms with Gasteiger partial charge in [-0.25, -0.2) is 0 Å². The van der Waals surface area contributed by atoms with Crippen molar-refractivity contribution in [3.63, 3.8) is 0 Å². The molecule has 2 aromatic rings. The molecule has 1 aromatic carbocycles. The Balaban J connectivity index is 1.60. The van der Waals surface area contributed by atoms with Gasteiger partial charge in [0.15, 0.2) is 17.5 Å². The van der Waals surface area contributed by atoms with E-state index < -0.39 is 6.61 Å². The summed E-state index contributed by atoms with van der Waals surface area (Å²) in [7, 11) is 1.63. The van der Waals surface area contributed by atoms with Gasteiger partial charge in [-0.05, 0) is 26.3 Å². The highest BCUT2D eigenvalue weighted by molar-refractivity contribution is 5.79. The maximum absolute atomic E-state index is 12.7. The van der Waals surface area contributed by atoms with Gasteiger partial charge in [0, 0.05) is 37.3 Å². The SMILES string of the molecule is CN=C(NCCc1c(C)noc1C)NCc1cc2c(cc1OC(F)F)OCO2. The molecule has 0 aliphatic carbocycles. The lowest BCUT2D eigenvalue weighted by molar-refractivity contribution is -0.0505. The molecule has 152 valence electrons. The zero-order valence-electron chi connectivity index (χ0n) is 15.8. The van der Waals surface area contributed by atoms with Gasteiger partial charge < -0.3 is 29.4 Å². The van der Waals surface area contributed by atoms with Crippen molar-refractivity contribution in [1.29, 1.82) is 0 Å². The summed E-state index contributed by atoms with van der Waals surface area (Å²) >= 11 is 0. The van der Waals surface area contributed by atoms with E-state index in [1.807, 2.05) is 13.8 Å². The van der Waals surface area contributed by atoms with Gasteiger partial charge in [0.1, 0.15) is 11.5 Å². The second-order valence-corrected chi connectivity index (χ2v) is 6.10. The van der Waals surface area contributed by atoms with E-state index in [9.17, 15) is 8.78 Å². The van der Waals surface area contributed by atoms with Crippen LogP contribution in [-0.4, -0.2) is 38.1 Å². The Bertz CT molecular complexity index is 835. The summed E-state index contributed by atoms with van der Waals surface area (Å²) in [5.74, 6) is 2.20. The number of guanidine groups is 1. The van der Waals surface area contributed by atoms with Crippen molar-refractivity contribution in [3.05, 3.63) is 34.7 Å². The third-order valence-electron chi connectivity index (χ3n) is 4.29. The van der Waals surface area contributed by atoms with E-state index in [0.29, 0.717) is 36.0 Å². The molecule has 0 saturated heterocycles. The van der Waals surface area contributed by atoms with Crippen molar-refractivity contribution >= 4 is 5.96 Å². The van der Waals surface area contributed by atoms with Crippen LogP contribution in [0.2, 0.25) is 0 Å². The van der Waals surface area contributed by atoms with Crippen LogP contribution in [0.1, 0.15) is 22.6 Å². The van der Waals surface area contributed by atoms with Gasteiger partial charge in [0.05, 0.1) is 5.69 Å². The lowest BCUT2D eigenvalue weighted by Crippen LogP contribution is -2.38. The standard InChI is InChI=1S/C18H22F2N4O4/c1-10-13(11(2)28-24-10)4-5-22-18(21-3)23-8-12-6-15-16(26-9-25-15)7-14(12)27-17(19)20/h6-7,17H,4-5,8-9H2,1-3H3,(H2,21,22,23). The first kappa shape index (κ1) is 19.7. The molecule has 28 heavy (non-hydrogen) atoms. The summed E-state index contributed by atoms with van der Waals surface area (Å²) in [6.07, 6.45) is 0.714. The fourth-order valence-electron chi connectivity index (χ4n) is 2.87. The highest BCUT2D eigenvalue weighted by atomic mass is 19.3. The Morgan fingerprint density at radius 2 is 2.00 bits per heavy atom. The van der Waals surface area contributed by atoms with Crippen LogP contribution in [-0.2, 0) is 13.0 Å². The molecule has 0 spiro atoms. The maximum atomic E-state index is 12.7. The monoisotopic (exact) mass is 396 g/mol. The third kappa shape index (κ3) is 4.62.